The molecule has 2 saturated heterocycles. The van der Waals surface area contributed by atoms with Crippen LogP contribution in [0.3, 0.4) is 0 Å². The molecule has 2 aromatic heterocycles. The van der Waals surface area contributed by atoms with Gasteiger partial charge in [0.2, 0.25) is 0 Å². The van der Waals surface area contributed by atoms with Crippen molar-refractivity contribution < 1.29 is 14.3 Å². The average Bonchev–Trinajstić information content (AvgIpc) is 3.25. The minimum Gasteiger partial charge on any atom is -0.375 e. The van der Waals surface area contributed by atoms with Crippen LogP contribution in [0.1, 0.15) is 27.5 Å². The Balaban J connectivity index is 1.30. The molecule has 0 saturated carbocycles. The van der Waals surface area contributed by atoms with Gasteiger partial charge in [0, 0.05) is 23.3 Å². The summed E-state index contributed by atoms with van der Waals surface area (Å²) >= 11 is 3.20. The molecule has 2 fully saturated rings. The second-order valence-electron chi connectivity index (χ2n) is 6.45. The fraction of sp³-hybridized carbons (Fsp3) is 0.529. The third kappa shape index (κ3) is 3.01. The average molecular weight is 364 g/mol. The topological polar surface area (TPSA) is 51.7 Å². The summed E-state index contributed by atoms with van der Waals surface area (Å²) < 4.78 is 11.9. The van der Waals surface area contributed by atoms with Crippen molar-refractivity contribution in [1.29, 1.82) is 0 Å². The van der Waals surface area contributed by atoms with Gasteiger partial charge in [-0.1, -0.05) is 0 Å². The van der Waals surface area contributed by atoms with Crippen molar-refractivity contribution in [3.05, 3.63) is 38.5 Å². The van der Waals surface area contributed by atoms with E-state index < -0.39 is 0 Å². The molecule has 4 heterocycles. The Morgan fingerprint density at radius 1 is 1.50 bits per heavy atom. The van der Waals surface area contributed by atoms with Gasteiger partial charge in [-0.15, -0.1) is 11.3 Å². The van der Waals surface area contributed by atoms with Gasteiger partial charge < -0.3 is 14.4 Å². The van der Waals surface area contributed by atoms with Crippen LogP contribution in [-0.2, 0) is 16.1 Å². The molecule has 2 aliphatic rings. The first kappa shape index (κ1) is 16.2. The summed E-state index contributed by atoms with van der Waals surface area (Å²) in [5.41, 5.74) is 1.57. The Morgan fingerprint density at radius 3 is 3.08 bits per heavy atom. The van der Waals surface area contributed by atoms with E-state index in [0.29, 0.717) is 32.2 Å². The molecule has 4 rings (SSSR count). The number of thiazole rings is 1. The summed E-state index contributed by atoms with van der Waals surface area (Å²) in [6, 6.07) is 1.88. The molecular formula is C17H20N2O3S2. The quantitative estimate of drug-likeness (QED) is 0.818. The standard InChI is InChI=1S/C17H20N2O3S2/c1-12-18-15(9-24-12)7-21-6-14-2-4-22-17(14)10-19(11-17)16(20)13-3-5-23-8-13/h3,5,8-9,14H,2,4,6-7,10-11H2,1H3/t14-/m0/s1. The van der Waals surface area contributed by atoms with Gasteiger partial charge in [0.1, 0.15) is 5.60 Å². The highest BCUT2D eigenvalue weighted by atomic mass is 32.1. The van der Waals surface area contributed by atoms with Crippen LogP contribution in [0.15, 0.2) is 22.2 Å². The summed E-state index contributed by atoms with van der Waals surface area (Å²) in [6.07, 6.45) is 0.997. The molecule has 0 aromatic carbocycles. The van der Waals surface area contributed by atoms with Crippen LogP contribution >= 0.6 is 22.7 Å². The molecule has 2 aromatic rings. The van der Waals surface area contributed by atoms with Gasteiger partial charge in [-0.05, 0) is 24.8 Å². The Bertz CT molecular complexity index is 707. The van der Waals surface area contributed by atoms with Crippen molar-refractivity contribution >= 4 is 28.6 Å². The van der Waals surface area contributed by atoms with E-state index in [1.807, 2.05) is 34.0 Å². The normalized spacial score (nSPS) is 22.0. The van der Waals surface area contributed by atoms with Crippen LogP contribution in [0.25, 0.3) is 0 Å². The smallest absolute Gasteiger partial charge is 0.254 e. The Hall–Kier alpha value is -1.28. The number of amides is 1. The molecule has 1 spiro atoms. The second kappa shape index (κ2) is 6.55. The maximum absolute atomic E-state index is 12.4. The summed E-state index contributed by atoms with van der Waals surface area (Å²) in [7, 11) is 0. The van der Waals surface area contributed by atoms with Crippen LogP contribution in [0.5, 0.6) is 0 Å². The number of carbonyl (C=O) groups excluding carboxylic acids is 1. The molecule has 0 radical (unpaired) electrons. The highest BCUT2D eigenvalue weighted by Gasteiger charge is 2.54. The predicted octanol–water partition coefficient (Wildman–Crippen LogP) is 2.96. The minimum absolute atomic E-state index is 0.106. The van der Waals surface area contributed by atoms with Gasteiger partial charge in [0.05, 0.1) is 42.6 Å². The minimum atomic E-state index is -0.205. The maximum Gasteiger partial charge on any atom is 0.254 e. The summed E-state index contributed by atoms with van der Waals surface area (Å²) in [5, 5.41) is 6.95. The van der Waals surface area contributed by atoms with Crippen molar-refractivity contribution in [2.75, 3.05) is 26.3 Å². The van der Waals surface area contributed by atoms with Crippen molar-refractivity contribution in [1.82, 2.24) is 9.88 Å². The lowest BCUT2D eigenvalue weighted by Crippen LogP contribution is -2.66. The van der Waals surface area contributed by atoms with E-state index in [1.165, 1.54) is 0 Å². The molecular weight excluding hydrogens is 344 g/mol. The number of aromatic nitrogens is 1. The monoisotopic (exact) mass is 364 g/mol. The summed E-state index contributed by atoms with van der Waals surface area (Å²) in [6.45, 7) is 5.31. The zero-order chi connectivity index (χ0) is 16.6. The number of rotatable bonds is 5. The highest BCUT2D eigenvalue weighted by molar-refractivity contribution is 7.09. The fourth-order valence-electron chi connectivity index (χ4n) is 3.46. The molecule has 128 valence electrons. The molecule has 0 unspecified atom stereocenters. The van der Waals surface area contributed by atoms with Crippen LogP contribution < -0.4 is 0 Å². The molecule has 0 aliphatic carbocycles. The number of ether oxygens (including phenoxy) is 2. The maximum atomic E-state index is 12.4. The van der Waals surface area contributed by atoms with Crippen LogP contribution in [-0.4, -0.2) is 47.7 Å². The van der Waals surface area contributed by atoms with E-state index in [4.69, 9.17) is 9.47 Å². The van der Waals surface area contributed by atoms with E-state index in [0.717, 1.165) is 29.3 Å². The lowest BCUT2D eigenvalue weighted by molar-refractivity contribution is -0.129. The molecule has 0 bridgehead atoms. The predicted molar refractivity (Wildman–Crippen MR) is 93.5 cm³/mol. The molecule has 1 atom stereocenters. The Morgan fingerprint density at radius 2 is 2.38 bits per heavy atom. The van der Waals surface area contributed by atoms with Gasteiger partial charge >= 0.3 is 0 Å². The first-order valence-electron chi connectivity index (χ1n) is 8.10. The van der Waals surface area contributed by atoms with E-state index >= 15 is 0 Å². The molecule has 7 heteroatoms. The number of hydrogen-bond donors (Lipinski definition) is 0. The Kier molecular flexibility index (Phi) is 4.42. The number of thiophene rings is 1. The molecule has 0 N–H and O–H groups in total. The van der Waals surface area contributed by atoms with Crippen molar-refractivity contribution in [3.63, 3.8) is 0 Å². The summed E-state index contributed by atoms with van der Waals surface area (Å²) in [4.78, 5) is 18.7. The zero-order valence-corrected chi connectivity index (χ0v) is 15.2. The first-order valence-corrected chi connectivity index (χ1v) is 9.93. The number of nitrogens with zero attached hydrogens (tertiary/aromatic N) is 2. The number of hydrogen-bond acceptors (Lipinski definition) is 6. The van der Waals surface area contributed by atoms with Gasteiger partial charge in [-0.3, -0.25) is 4.79 Å². The largest absolute Gasteiger partial charge is 0.375 e. The molecule has 1 amide bonds. The second-order valence-corrected chi connectivity index (χ2v) is 8.29. The van der Waals surface area contributed by atoms with Gasteiger partial charge in [-0.2, -0.15) is 11.3 Å². The van der Waals surface area contributed by atoms with Gasteiger partial charge in [0.25, 0.3) is 5.91 Å². The van der Waals surface area contributed by atoms with Gasteiger partial charge in [-0.25, -0.2) is 4.98 Å². The Labute approximate surface area is 149 Å². The molecule has 5 nitrogen and oxygen atoms in total. The van der Waals surface area contributed by atoms with Gasteiger partial charge in [0.15, 0.2) is 0 Å². The SMILES string of the molecule is Cc1nc(COC[C@@H]2CCOC23CN(C(=O)c2ccsc2)C3)cs1. The number of aryl methyl sites for hydroxylation is 1. The van der Waals surface area contributed by atoms with Crippen molar-refractivity contribution in [3.8, 4) is 0 Å². The van der Waals surface area contributed by atoms with E-state index in [9.17, 15) is 4.79 Å². The van der Waals surface area contributed by atoms with E-state index in [-0.39, 0.29) is 11.5 Å². The zero-order valence-electron chi connectivity index (χ0n) is 13.6. The highest BCUT2D eigenvalue weighted by Crippen LogP contribution is 2.40. The van der Waals surface area contributed by atoms with Crippen molar-refractivity contribution in [2.24, 2.45) is 5.92 Å². The molecule has 2 aliphatic heterocycles. The van der Waals surface area contributed by atoms with Crippen LogP contribution in [0, 0.1) is 12.8 Å². The van der Waals surface area contributed by atoms with E-state index in [2.05, 4.69) is 4.98 Å². The van der Waals surface area contributed by atoms with Crippen molar-refractivity contribution in [2.45, 2.75) is 25.6 Å². The molecule has 24 heavy (non-hydrogen) atoms. The third-order valence-corrected chi connectivity index (χ3v) is 6.31. The third-order valence-electron chi connectivity index (χ3n) is 4.81. The number of carbonyl (C=O) groups is 1. The summed E-state index contributed by atoms with van der Waals surface area (Å²) in [5.74, 6) is 0.457. The first-order chi connectivity index (χ1) is 11.7. The number of likely N-dealkylation sites (tertiary alicyclic amines) is 1. The van der Waals surface area contributed by atoms with E-state index in [1.54, 1.807) is 22.7 Å². The lowest BCUT2D eigenvalue weighted by Gasteiger charge is -2.50. The van der Waals surface area contributed by atoms with Crippen LogP contribution in [0.2, 0.25) is 0 Å². The van der Waals surface area contributed by atoms with Crippen LogP contribution in [0.4, 0.5) is 0 Å². The fourth-order valence-corrected chi connectivity index (χ4v) is 4.69. The lowest BCUT2D eigenvalue weighted by atomic mass is 9.81.